The zero-order chi connectivity index (χ0) is 24.1. The van der Waals surface area contributed by atoms with Gasteiger partial charge in [-0.05, 0) is 69.1 Å². The number of sulfonamides is 1. The highest BCUT2D eigenvalue weighted by Crippen LogP contribution is 2.26. The molecule has 1 atom stereocenters. The average molecular weight is 491 g/mol. The predicted octanol–water partition coefficient (Wildman–Crippen LogP) is 4.89. The molecule has 1 unspecified atom stereocenters. The largest absolute Gasteiger partial charge is 0.415 e. The van der Waals surface area contributed by atoms with Crippen LogP contribution in [0.25, 0.3) is 11.5 Å². The molecule has 3 aromatic rings. The molecule has 0 saturated carbocycles. The highest BCUT2D eigenvalue weighted by atomic mass is 32.2. The standard InChI is InChI=1S/C24H28F2N4O3S/c1-18-7-5-14-29(18)15-6-16-34(31,32)30(21-8-3-2-4-9-21)17-19-10-12-20(13-11-19)23-27-28-24(33-23)22(25)26/h2-4,8-13,18,22H,5-7,14-17H2,1H3. The van der Waals surface area contributed by atoms with Gasteiger partial charge >= 0.3 is 6.43 Å². The summed E-state index contributed by atoms with van der Waals surface area (Å²) < 4.78 is 58.5. The molecule has 1 aliphatic heterocycles. The second-order valence-electron chi connectivity index (χ2n) is 8.48. The van der Waals surface area contributed by atoms with Gasteiger partial charge in [0.1, 0.15) is 0 Å². The fraction of sp³-hybridized carbons (Fsp3) is 0.417. The summed E-state index contributed by atoms with van der Waals surface area (Å²) in [5, 5.41) is 6.99. The molecular weight excluding hydrogens is 462 g/mol. The first-order valence-corrected chi connectivity index (χ1v) is 12.9. The van der Waals surface area contributed by atoms with Crippen LogP contribution in [0.3, 0.4) is 0 Å². The van der Waals surface area contributed by atoms with E-state index < -0.39 is 22.3 Å². The number of alkyl halides is 2. The summed E-state index contributed by atoms with van der Waals surface area (Å²) in [5.74, 6) is -0.684. The maximum atomic E-state index is 13.3. The minimum atomic E-state index is -3.57. The van der Waals surface area contributed by atoms with Gasteiger partial charge in [0.15, 0.2) is 0 Å². The lowest BCUT2D eigenvalue weighted by atomic mass is 10.1. The zero-order valence-electron chi connectivity index (χ0n) is 19.0. The summed E-state index contributed by atoms with van der Waals surface area (Å²) in [6, 6.07) is 16.3. The third-order valence-corrected chi connectivity index (χ3v) is 7.89. The number of nitrogens with zero attached hydrogens (tertiary/aromatic N) is 4. The molecule has 2 aromatic carbocycles. The first kappa shape index (κ1) is 24.3. The normalized spacial score (nSPS) is 16.9. The molecule has 10 heteroatoms. The van der Waals surface area contributed by atoms with Crippen molar-refractivity contribution in [2.45, 2.75) is 45.2 Å². The van der Waals surface area contributed by atoms with E-state index in [0.717, 1.165) is 31.5 Å². The van der Waals surface area contributed by atoms with E-state index in [4.69, 9.17) is 4.42 Å². The molecule has 34 heavy (non-hydrogen) atoms. The number of anilines is 1. The Labute approximate surface area is 198 Å². The van der Waals surface area contributed by atoms with E-state index >= 15 is 0 Å². The van der Waals surface area contributed by atoms with Crippen LogP contribution in [0.15, 0.2) is 59.0 Å². The van der Waals surface area contributed by atoms with E-state index in [-0.39, 0.29) is 18.2 Å². The number of para-hydroxylation sites is 1. The van der Waals surface area contributed by atoms with E-state index in [2.05, 4.69) is 22.0 Å². The molecule has 4 rings (SSSR count). The molecule has 0 radical (unpaired) electrons. The van der Waals surface area contributed by atoms with E-state index in [9.17, 15) is 17.2 Å². The van der Waals surface area contributed by atoms with Gasteiger partial charge in [-0.1, -0.05) is 30.3 Å². The van der Waals surface area contributed by atoms with Gasteiger partial charge in [-0.3, -0.25) is 4.31 Å². The van der Waals surface area contributed by atoms with Crippen molar-refractivity contribution in [1.82, 2.24) is 15.1 Å². The second-order valence-corrected chi connectivity index (χ2v) is 10.5. The topological polar surface area (TPSA) is 79.5 Å². The Morgan fingerprint density at radius 1 is 1.12 bits per heavy atom. The lowest BCUT2D eigenvalue weighted by Gasteiger charge is -2.26. The molecule has 1 aromatic heterocycles. The van der Waals surface area contributed by atoms with Gasteiger partial charge in [0, 0.05) is 11.6 Å². The first-order valence-electron chi connectivity index (χ1n) is 11.3. The monoisotopic (exact) mass is 490 g/mol. The number of aromatic nitrogens is 2. The van der Waals surface area contributed by atoms with Gasteiger partial charge in [0.05, 0.1) is 18.0 Å². The number of rotatable bonds is 10. The van der Waals surface area contributed by atoms with Crippen LogP contribution in [0.2, 0.25) is 0 Å². The molecule has 0 aliphatic carbocycles. The van der Waals surface area contributed by atoms with E-state index in [1.165, 1.54) is 4.31 Å². The molecule has 0 bridgehead atoms. The maximum absolute atomic E-state index is 13.3. The van der Waals surface area contributed by atoms with Gasteiger partial charge < -0.3 is 9.32 Å². The molecule has 182 valence electrons. The van der Waals surface area contributed by atoms with Crippen molar-refractivity contribution in [3.63, 3.8) is 0 Å². The molecule has 0 amide bonds. The van der Waals surface area contributed by atoms with E-state index in [0.29, 0.717) is 23.7 Å². The number of benzene rings is 2. The number of hydrogen-bond acceptors (Lipinski definition) is 6. The van der Waals surface area contributed by atoms with Crippen molar-refractivity contribution < 1.29 is 21.6 Å². The van der Waals surface area contributed by atoms with E-state index in [1.54, 1.807) is 36.4 Å². The Morgan fingerprint density at radius 3 is 2.47 bits per heavy atom. The molecule has 2 heterocycles. The van der Waals surface area contributed by atoms with E-state index in [1.807, 2.05) is 18.2 Å². The molecule has 1 saturated heterocycles. The lowest BCUT2D eigenvalue weighted by Crippen LogP contribution is -2.35. The van der Waals surface area contributed by atoms with Gasteiger partial charge in [0.2, 0.25) is 15.9 Å². The highest BCUT2D eigenvalue weighted by Gasteiger charge is 2.25. The van der Waals surface area contributed by atoms with Crippen LogP contribution < -0.4 is 4.31 Å². The predicted molar refractivity (Wildman–Crippen MR) is 126 cm³/mol. The van der Waals surface area contributed by atoms with Gasteiger partial charge in [-0.2, -0.15) is 8.78 Å². The zero-order valence-corrected chi connectivity index (χ0v) is 19.8. The summed E-state index contributed by atoms with van der Waals surface area (Å²) in [4.78, 5) is 2.35. The van der Waals surface area contributed by atoms with Gasteiger partial charge in [0.25, 0.3) is 5.89 Å². The SMILES string of the molecule is CC1CCCN1CCCS(=O)(=O)N(Cc1ccc(-c2nnc(C(F)F)o2)cc1)c1ccccc1. The third kappa shape index (κ3) is 5.79. The fourth-order valence-corrected chi connectivity index (χ4v) is 5.69. The highest BCUT2D eigenvalue weighted by molar-refractivity contribution is 7.92. The van der Waals surface area contributed by atoms with Crippen molar-refractivity contribution in [3.05, 3.63) is 66.1 Å². The lowest BCUT2D eigenvalue weighted by molar-refractivity contribution is 0.116. The third-order valence-electron chi connectivity index (χ3n) is 6.07. The first-order chi connectivity index (χ1) is 16.3. The average Bonchev–Trinajstić information content (AvgIpc) is 3.48. The van der Waals surface area contributed by atoms with Crippen LogP contribution >= 0.6 is 0 Å². The Hall–Kier alpha value is -2.85. The summed E-state index contributed by atoms with van der Waals surface area (Å²) in [6.45, 7) is 4.13. The molecule has 1 fully saturated rings. The number of likely N-dealkylation sites (tertiary alicyclic amines) is 1. The number of halogens is 2. The molecule has 0 N–H and O–H groups in total. The quantitative estimate of drug-likeness (QED) is 0.403. The minimum absolute atomic E-state index is 0.00877. The van der Waals surface area contributed by atoms with Crippen molar-refractivity contribution in [2.24, 2.45) is 0 Å². The minimum Gasteiger partial charge on any atom is -0.415 e. The Morgan fingerprint density at radius 2 is 1.85 bits per heavy atom. The van der Waals surface area contributed by atoms with Crippen LogP contribution in [-0.4, -0.2) is 48.4 Å². The van der Waals surface area contributed by atoms with Crippen molar-refractivity contribution in [2.75, 3.05) is 23.1 Å². The smallest absolute Gasteiger partial charge is 0.314 e. The van der Waals surface area contributed by atoms with Gasteiger partial charge in [-0.25, -0.2) is 8.42 Å². The van der Waals surface area contributed by atoms with Crippen LogP contribution in [0.5, 0.6) is 0 Å². The van der Waals surface area contributed by atoms with Crippen molar-refractivity contribution in [1.29, 1.82) is 0 Å². The summed E-state index contributed by atoms with van der Waals surface area (Å²) in [5.41, 5.74) is 1.83. The van der Waals surface area contributed by atoms with Crippen molar-refractivity contribution >= 4 is 15.7 Å². The second kappa shape index (κ2) is 10.6. The Kier molecular flexibility index (Phi) is 7.57. The van der Waals surface area contributed by atoms with Crippen LogP contribution in [0.1, 0.15) is 44.1 Å². The van der Waals surface area contributed by atoms with Crippen LogP contribution in [0.4, 0.5) is 14.5 Å². The Balaban J connectivity index is 1.48. The number of hydrogen-bond donors (Lipinski definition) is 0. The molecule has 0 spiro atoms. The van der Waals surface area contributed by atoms with Gasteiger partial charge in [-0.15, -0.1) is 10.2 Å². The summed E-state index contributed by atoms with van der Waals surface area (Å²) >= 11 is 0. The summed E-state index contributed by atoms with van der Waals surface area (Å²) in [7, 11) is -3.57. The Bertz CT molecular complexity index is 1170. The molecule has 1 aliphatic rings. The maximum Gasteiger partial charge on any atom is 0.314 e. The molecule has 7 nitrogen and oxygen atoms in total. The van der Waals surface area contributed by atoms with Crippen molar-refractivity contribution in [3.8, 4) is 11.5 Å². The molecular formula is C24H28F2N4O3S. The summed E-state index contributed by atoms with van der Waals surface area (Å²) in [6.07, 6.45) is 0.0521. The van der Waals surface area contributed by atoms with Crippen LogP contribution in [-0.2, 0) is 16.6 Å². The van der Waals surface area contributed by atoms with Crippen LogP contribution in [0, 0.1) is 0 Å². The fourth-order valence-electron chi connectivity index (χ4n) is 4.19.